The molecule has 1 saturated heterocycles. The van der Waals surface area contributed by atoms with Crippen LogP contribution in [0.15, 0.2) is 48.5 Å². The van der Waals surface area contributed by atoms with Crippen LogP contribution in [0.2, 0.25) is 0 Å². The number of rotatable bonds is 5. The van der Waals surface area contributed by atoms with Crippen LogP contribution < -0.4 is 9.64 Å². The van der Waals surface area contributed by atoms with Crippen molar-refractivity contribution in [3.8, 4) is 18.1 Å². The first-order valence-corrected chi connectivity index (χ1v) is 8.53. The predicted octanol–water partition coefficient (Wildman–Crippen LogP) is 1.76. The summed E-state index contributed by atoms with van der Waals surface area (Å²) in [4.78, 5) is 2.15. The highest BCUT2D eigenvalue weighted by Gasteiger charge is 2.29. The van der Waals surface area contributed by atoms with E-state index in [0.717, 1.165) is 12.2 Å². The average molecular weight is 353 g/mol. The van der Waals surface area contributed by atoms with Crippen molar-refractivity contribution in [1.29, 1.82) is 0 Å². The van der Waals surface area contributed by atoms with Gasteiger partial charge in [0, 0.05) is 29.9 Å². The summed E-state index contributed by atoms with van der Waals surface area (Å²) < 4.78 is 10.6. The second-order valence-corrected chi connectivity index (χ2v) is 6.25. The Morgan fingerprint density at radius 1 is 1.19 bits per heavy atom. The number of benzene rings is 2. The van der Waals surface area contributed by atoms with E-state index in [1.54, 1.807) is 31.4 Å². The maximum absolute atomic E-state index is 11.1. The molecule has 5 nitrogen and oxygen atoms in total. The van der Waals surface area contributed by atoms with Crippen molar-refractivity contribution >= 4 is 5.69 Å². The maximum atomic E-state index is 11.1. The number of ether oxygens (including phenoxy) is 2. The molecule has 1 aliphatic heterocycles. The molecule has 5 heteroatoms. The van der Waals surface area contributed by atoms with Crippen LogP contribution >= 0.6 is 0 Å². The number of aliphatic hydroxyl groups excluding tert-OH is 1. The molecule has 0 radical (unpaired) electrons. The standard InChI is InChI=1S/C21H23NO4/c1-3-21(24,17-6-10-19(25-2)11-7-17)16-4-8-18(9-5-16)22-12-13-26-20(14-22)15-23/h1,4-11,20,23-24H,12-15H2,2H3. The van der Waals surface area contributed by atoms with Gasteiger partial charge in [-0.3, -0.25) is 0 Å². The molecule has 1 fully saturated rings. The number of terminal acetylenes is 1. The first kappa shape index (κ1) is 18.3. The quantitative estimate of drug-likeness (QED) is 0.802. The van der Waals surface area contributed by atoms with Crippen molar-refractivity contribution in [2.75, 3.05) is 38.3 Å². The van der Waals surface area contributed by atoms with Crippen molar-refractivity contribution < 1.29 is 19.7 Å². The fraction of sp³-hybridized carbons (Fsp3) is 0.333. The lowest BCUT2D eigenvalue weighted by Crippen LogP contribution is -2.44. The molecular formula is C21H23NO4. The van der Waals surface area contributed by atoms with Gasteiger partial charge in [-0.05, 0) is 24.3 Å². The molecule has 0 aliphatic carbocycles. The Morgan fingerprint density at radius 2 is 1.81 bits per heavy atom. The molecule has 136 valence electrons. The minimum Gasteiger partial charge on any atom is -0.497 e. The molecule has 2 unspecified atom stereocenters. The van der Waals surface area contributed by atoms with E-state index >= 15 is 0 Å². The number of nitrogens with zero attached hydrogens (tertiary/aromatic N) is 1. The van der Waals surface area contributed by atoms with Gasteiger partial charge in [-0.1, -0.05) is 30.2 Å². The van der Waals surface area contributed by atoms with Crippen molar-refractivity contribution in [1.82, 2.24) is 0 Å². The number of hydrogen-bond acceptors (Lipinski definition) is 5. The second-order valence-electron chi connectivity index (χ2n) is 6.25. The lowest BCUT2D eigenvalue weighted by Gasteiger charge is -2.34. The summed E-state index contributed by atoms with van der Waals surface area (Å²) in [5.41, 5.74) is 0.731. The highest BCUT2D eigenvalue weighted by molar-refractivity contribution is 5.52. The summed E-state index contributed by atoms with van der Waals surface area (Å²) in [5.74, 6) is 3.21. The van der Waals surface area contributed by atoms with Crippen LogP contribution in [-0.4, -0.2) is 49.7 Å². The lowest BCUT2D eigenvalue weighted by atomic mass is 9.87. The van der Waals surface area contributed by atoms with Crippen LogP contribution in [0.25, 0.3) is 0 Å². The Balaban J connectivity index is 1.84. The summed E-state index contributed by atoms with van der Waals surface area (Å²) >= 11 is 0. The molecule has 1 heterocycles. The smallest absolute Gasteiger partial charge is 0.176 e. The van der Waals surface area contributed by atoms with E-state index in [0.29, 0.717) is 30.0 Å². The van der Waals surface area contributed by atoms with Crippen LogP contribution in [-0.2, 0) is 10.3 Å². The first-order valence-electron chi connectivity index (χ1n) is 8.53. The molecule has 0 saturated carbocycles. The van der Waals surface area contributed by atoms with Crippen molar-refractivity contribution in [2.45, 2.75) is 11.7 Å². The number of hydrogen-bond donors (Lipinski definition) is 2. The zero-order valence-corrected chi connectivity index (χ0v) is 14.8. The molecule has 3 rings (SSSR count). The number of anilines is 1. The summed E-state index contributed by atoms with van der Waals surface area (Å²) in [7, 11) is 1.59. The van der Waals surface area contributed by atoms with Gasteiger partial charge in [0.05, 0.1) is 26.4 Å². The van der Waals surface area contributed by atoms with Gasteiger partial charge in [0.2, 0.25) is 0 Å². The Kier molecular flexibility index (Phi) is 5.48. The van der Waals surface area contributed by atoms with Gasteiger partial charge in [-0.2, -0.15) is 0 Å². The summed E-state index contributed by atoms with van der Waals surface area (Å²) in [6.45, 7) is 1.97. The third kappa shape index (κ3) is 3.54. The normalized spacial score (nSPS) is 19.5. The zero-order valence-electron chi connectivity index (χ0n) is 14.8. The van der Waals surface area contributed by atoms with Gasteiger partial charge in [-0.15, -0.1) is 6.42 Å². The van der Waals surface area contributed by atoms with Gasteiger partial charge >= 0.3 is 0 Å². The van der Waals surface area contributed by atoms with E-state index in [1.807, 2.05) is 24.3 Å². The van der Waals surface area contributed by atoms with Gasteiger partial charge in [-0.25, -0.2) is 0 Å². The van der Waals surface area contributed by atoms with E-state index < -0.39 is 5.60 Å². The van der Waals surface area contributed by atoms with E-state index in [2.05, 4.69) is 10.8 Å². The largest absolute Gasteiger partial charge is 0.497 e. The first-order chi connectivity index (χ1) is 12.6. The van der Waals surface area contributed by atoms with Gasteiger partial charge < -0.3 is 24.6 Å². The molecule has 2 aromatic carbocycles. The third-order valence-electron chi connectivity index (χ3n) is 4.71. The van der Waals surface area contributed by atoms with E-state index in [1.165, 1.54) is 0 Å². The fourth-order valence-corrected chi connectivity index (χ4v) is 3.14. The number of methoxy groups -OCH3 is 1. The van der Waals surface area contributed by atoms with Crippen LogP contribution in [0.5, 0.6) is 5.75 Å². The minimum absolute atomic E-state index is 0.00287. The van der Waals surface area contributed by atoms with E-state index in [4.69, 9.17) is 15.9 Å². The average Bonchev–Trinajstić information content (AvgIpc) is 2.73. The highest BCUT2D eigenvalue weighted by atomic mass is 16.5. The number of aliphatic hydroxyl groups is 2. The van der Waals surface area contributed by atoms with Crippen LogP contribution in [0.1, 0.15) is 11.1 Å². The molecular weight excluding hydrogens is 330 g/mol. The monoisotopic (exact) mass is 353 g/mol. The molecule has 2 aromatic rings. The Bertz CT molecular complexity index is 766. The third-order valence-corrected chi connectivity index (χ3v) is 4.71. The molecule has 26 heavy (non-hydrogen) atoms. The zero-order chi connectivity index (χ0) is 18.6. The van der Waals surface area contributed by atoms with Crippen molar-refractivity contribution in [2.24, 2.45) is 0 Å². The molecule has 2 atom stereocenters. The highest BCUT2D eigenvalue weighted by Crippen LogP contribution is 2.31. The summed E-state index contributed by atoms with van der Waals surface area (Å²) in [5, 5.41) is 20.4. The fourth-order valence-electron chi connectivity index (χ4n) is 3.14. The SMILES string of the molecule is C#CC(O)(c1ccc(OC)cc1)c1ccc(N2CCOC(CO)C2)cc1. The predicted molar refractivity (Wildman–Crippen MR) is 100 cm³/mol. The second kappa shape index (κ2) is 7.79. The Morgan fingerprint density at radius 3 is 2.35 bits per heavy atom. The van der Waals surface area contributed by atoms with Crippen LogP contribution in [0, 0.1) is 12.3 Å². The van der Waals surface area contributed by atoms with Crippen LogP contribution in [0.4, 0.5) is 5.69 Å². The topological polar surface area (TPSA) is 62.2 Å². The molecule has 0 amide bonds. The van der Waals surface area contributed by atoms with Crippen molar-refractivity contribution in [3.05, 3.63) is 59.7 Å². The number of morpholine rings is 1. The van der Waals surface area contributed by atoms with Gasteiger partial charge in [0.1, 0.15) is 5.75 Å². The van der Waals surface area contributed by atoms with E-state index in [-0.39, 0.29) is 12.7 Å². The Hall–Kier alpha value is -2.52. The molecule has 2 N–H and O–H groups in total. The van der Waals surface area contributed by atoms with Gasteiger partial charge in [0.25, 0.3) is 0 Å². The maximum Gasteiger partial charge on any atom is 0.176 e. The Labute approximate surface area is 153 Å². The van der Waals surface area contributed by atoms with Crippen LogP contribution in [0.3, 0.4) is 0 Å². The molecule has 0 aromatic heterocycles. The van der Waals surface area contributed by atoms with Crippen molar-refractivity contribution in [3.63, 3.8) is 0 Å². The molecule has 0 bridgehead atoms. The summed E-state index contributed by atoms with van der Waals surface area (Å²) in [6, 6.07) is 14.6. The molecule has 1 aliphatic rings. The summed E-state index contributed by atoms with van der Waals surface area (Å²) in [6.07, 6.45) is 5.50. The van der Waals surface area contributed by atoms with Gasteiger partial charge in [0.15, 0.2) is 5.60 Å². The molecule has 0 spiro atoms. The minimum atomic E-state index is -1.51. The van der Waals surface area contributed by atoms with E-state index in [9.17, 15) is 10.2 Å². The lowest BCUT2D eigenvalue weighted by molar-refractivity contribution is 0.00356.